The van der Waals surface area contributed by atoms with Gasteiger partial charge in [-0.05, 0) is 18.1 Å². The van der Waals surface area contributed by atoms with Crippen molar-refractivity contribution in [2.24, 2.45) is 0 Å². The minimum atomic E-state index is -0.502. The Hall–Kier alpha value is -2.08. The van der Waals surface area contributed by atoms with E-state index in [0.717, 1.165) is 5.69 Å². The van der Waals surface area contributed by atoms with Crippen molar-refractivity contribution in [1.29, 1.82) is 0 Å². The van der Waals surface area contributed by atoms with Crippen LogP contribution in [0.1, 0.15) is 35.8 Å². The molecule has 1 aromatic carbocycles. The first-order chi connectivity index (χ1) is 8.99. The van der Waals surface area contributed by atoms with Gasteiger partial charge in [0.2, 0.25) is 0 Å². The van der Waals surface area contributed by atoms with Crippen molar-refractivity contribution in [3.63, 3.8) is 0 Å². The Morgan fingerprint density at radius 1 is 1.37 bits per heavy atom. The van der Waals surface area contributed by atoms with E-state index >= 15 is 0 Å². The maximum absolute atomic E-state index is 12.0. The lowest BCUT2D eigenvalue weighted by molar-refractivity contribution is 0.102. The van der Waals surface area contributed by atoms with E-state index in [1.54, 1.807) is 0 Å². The average Bonchev–Trinajstić information content (AvgIpc) is 2.81. The zero-order valence-corrected chi connectivity index (χ0v) is 11.4. The third kappa shape index (κ3) is 2.85. The van der Waals surface area contributed by atoms with Crippen molar-refractivity contribution in [2.45, 2.75) is 19.8 Å². The van der Waals surface area contributed by atoms with Crippen LogP contribution in [0.25, 0.3) is 0 Å². The van der Waals surface area contributed by atoms with Crippen LogP contribution in [0, 0.1) is 0 Å². The number of aromatic hydroxyl groups is 2. The molecular weight excluding hydrogens is 264 g/mol. The van der Waals surface area contributed by atoms with Gasteiger partial charge in [0.15, 0.2) is 16.6 Å². The molecule has 2 rings (SSSR count). The topological polar surface area (TPSA) is 82.5 Å². The van der Waals surface area contributed by atoms with Gasteiger partial charge in [0.05, 0.1) is 11.3 Å². The number of anilines is 1. The maximum atomic E-state index is 12.0. The lowest BCUT2D eigenvalue weighted by Gasteiger charge is -2.05. The molecule has 2 aromatic rings. The van der Waals surface area contributed by atoms with Gasteiger partial charge in [0.25, 0.3) is 5.91 Å². The molecule has 0 aliphatic heterocycles. The first kappa shape index (κ1) is 13.4. The molecular formula is C13H14N2O3S. The molecule has 1 heterocycles. The minimum Gasteiger partial charge on any atom is -0.504 e. The summed E-state index contributed by atoms with van der Waals surface area (Å²) in [6, 6.07) is 4.24. The number of carbonyl (C=O) groups excluding carboxylic acids is 1. The summed E-state index contributed by atoms with van der Waals surface area (Å²) in [5.74, 6) is -0.968. The van der Waals surface area contributed by atoms with E-state index in [4.69, 9.17) is 0 Å². The van der Waals surface area contributed by atoms with Crippen molar-refractivity contribution in [1.82, 2.24) is 4.98 Å². The Kier molecular flexibility index (Phi) is 3.71. The maximum Gasteiger partial charge on any atom is 0.261 e. The van der Waals surface area contributed by atoms with E-state index in [1.807, 2.05) is 19.2 Å². The van der Waals surface area contributed by atoms with Crippen LogP contribution in [0.3, 0.4) is 0 Å². The van der Waals surface area contributed by atoms with Crippen molar-refractivity contribution >= 4 is 22.4 Å². The third-order valence-electron chi connectivity index (χ3n) is 2.59. The number of phenolic OH excluding ortho intramolecular Hbond substituents is 2. The number of benzene rings is 1. The molecule has 0 saturated carbocycles. The Balaban J connectivity index is 2.18. The van der Waals surface area contributed by atoms with Crippen molar-refractivity contribution in [2.75, 3.05) is 5.32 Å². The van der Waals surface area contributed by atoms with Gasteiger partial charge in [-0.1, -0.05) is 19.9 Å². The molecule has 3 N–H and O–H groups in total. The van der Waals surface area contributed by atoms with E-state index in [1.165, 1.54) is 29.5 Å². The van der Waals surface area contributed by atoms with Gasteiger partial charge < -0.3 is 10.2 Å². The molecule has 0 atom stereocenters. The molecule has 0 unspecified atom stereocenters. The van der Waals surface area contributed by atoms with Crippen LogP contribution in [-0.4, -0.2) is 21.1 Å². The van der Waals surface area contributed by atoms with Crippen LogP contribution in [-0.2, 0) is 0 Å². The van der Waals surface area contributed by atoms with E-state index in [9.17, 15) is 15.0 Å². The molecule has 5 nitrogen and oxygen atoms in total. The number of rotatable bonds is 3. The number of carbonyl (C=O) groups is 1. The minimum absolute atomic E-state index is 0.0151. The number of nitrogens with zero attached hydrogens (tertiary/aromatic N) is 1. The number of phenols is 2. The van der Waals surface area contributed by atoms with Gasteiger partial charge in [-0.3, -0.25) is 10.1 Å². The largest absolute Gasteiger partial charge is 0.504 e. The molecule has 0 aliphatic rings. The summed E-state index contributed by atoms with van der Waals surface area (Å²) < 4.78 is 0. The fourth-order valence-electron chi connectivity index (χ4n) is 1.49. The van der Waals surface area contributed by atoms with Crippen LogP contribution >= 0.6 is 11.3 Å². The lowest BCUT2D eigenvalue weighted by Crippen LogP contribution is -2.12. The monoisotopic (exact) mass is 278 g/mol. The van der Waals surface area contributed by atoms with Crippen LogP contribution < -0.4 is 5.32 Å². The number of hydrogen-bond acceptors (Lipinski definition) is 5. The molecule has 6 heteroatoms. The molecule has 0 fully saturated rings. The highest BCUT2D eigenvalue weighted by atomic mass is 32.1. The van der Waals surface area contributed by atoms with Gasteiger partial charge in [-0.25, -0.2) is 4.98 Å². The summed E-state index contributed by atoms with van der Waals surface area (Å²) in [6.45, 7) is 4.03. The normalized spacial score (nSPS) is 10.7. The Morgan fingerprint density at radius 3 is 2.74 bits per heavy atom. The fourth-order valence-corrected chi connectivity index (χ4v) is 2.35. The number of nitrogens with one attached hydrogen (secondary N) is 1. The lowest BCUT2D eigenvalue weighted by atomic mass is 10.1. The number of thiazole rings is 1. The molecule has 0 bridgehead atoms. The average molecular weight is 278 g/mol. The summed E-state index contributed by atoms with van der Waals surface area (Å²) in [5, 5.41) is 23.9. The Labute approximate surface area is 114 Å². The summed E-state index contributed by atoms with van der Waals surface area (Å²) >= 11 is 1.32. The Bertz CT molecular complexity index is 608. The second kappa shape index (κ2) is 5.27. The molecule has 1 amide bonds. The van der Waals surface area contributed by atoms with Gasteiger partial charge in [-0.15, -0.1) is 11.3 Å². The van der Waals surface area contributed by atoms with E-state index in [2.05, 4.69) is 10.3 Å². The zero-order chi connectivity index (χ0) is 14.0. The van der Waals surface area contributed by atoms with E-state index < -0.39 is 11.7 Å². The molecule has 1 aromatic heterocycles. The standard InChI is InChI=1S/C13H14N2O3S/c1-7(2)9-6-19-13(14-9)15-12(18)8-4-3-5-10(16)11(8)17/h3-7,16-17H,1-2H3,(H,14,15,18). The summed E-state index contributed by atoms with van der Waals surface area (Å²) in [6.07, 6.45) is 0. The van der Waals surface area contributed by atoms with Gasteiger partial charge >= 0.3 is 0 Å². The van der Waals surface area contributed by atoms with Crippen LogP contribution in [0.15, 0.2) is 23.6 Å². The van der Waals surface area contributed by atoms with Crippen molar-refractivity contribution in [3.05, 3.63) is 34.8 Å². The highest BCUT2D eigenvalue weighted by Crippen LogP contribution is 2.29. The Morgan fingerprint density at radius 2 is 2.11 bits per heavy atom. The smallest absolute Gasteiger partial charge is 0.261 e. The molecule has 100 valence electrons. The number of hydrogen-bond donors (Lipinski definition) is 3. The summed E-state index contributed by atoms with van der Waals surface area (Å²) in [4.78, 5) is 16.2. The van der Waals surface area contributed by atoms with Crippen LogP contribution in [0.5, 0.6) is 11.5 Å². The summed E-state index contributed by atoms with van der Waals surface area (Å²) in [5.41, 5.74) is 0.918. The van der Waals surface area contributed by atoms with E-state index in [0.29, 0.717) is 5.13 Å². The number of amides is 1. The second-order valence-corrected chi connectivity index (χ2v) is 5.22. The predicted octanol–water partition coefficient (Wildman–Crippen LogP) is 2.93. The first-order valence-corrected chi connectivity index (χ1v) is 6.64. The fraction of sp³-hybridized carbons (Fsp3) is 0.231. The van der Waals surface area contributed by atoms with Crippen molar-refractivity contribution in [3.8, 4) is 11.5 Å². The molecule has 0 radical (unpaired) electrons. The highest BCUT2D eigenvalue weighted by molar-refractivity contribution is 7.14. The van der Waals surface area contributed by atoms with Crippen LogP contribution in [0.4, 0.5) is 5.13 Å². The van der Waals surface area contributed by atoms with Gasteiger partial charge in [-0.2, -0.15) is 0 Å². The molecule has 0 spiro atoms. The van der Waals surface area contributed by atoms with Gasteiger partial charge in [0.1, 0.15) is 0 Å². The zero-order valence-electron chi connectivity index (χ0n) is 10.5. The predicted molar refractivity (Wildman–Crippen MR) is 73.9 cm³/mol. The first-order valence-electron chi connectivity index (χ1n) is 5.76. The molecule has 19 heavy (non-hydrogen) atoms. The molecule has 0 saturated heterocycles. The van der Waals surface area contributed by atoms with Gasteiger partial charge in [0, 0.05) is 5.38 Å². The van der Waals surface area contributed by atoms with E-state index in [-0.39, 0.29) is 17.2 Å². The molecule has 0 aliphatic carbocycles. The third-order valence-corrected chi connectivity index (χ3v) is 3.37. The quantitative estimate of drug-likeness (QED) is 0.754. The SMILES string of the molecule is CC(C)c1csc(NC(=O)c2cccc(O)c2O)n1. The highest BCUT2D eigenvalue weighted by Gasteiger charge is 2.15. The number of para-hydroxylation sites is 1. The summed E-state index contributed by atoms with van der Waals surface area (Å²) in [7, 11) is 0. The second-order valence-electron chi connectivity index (χ2n) is 4.36. The number of aromatic nitrogens is 1. The van der Waals surface area contributed by atoms with Crippen LogP contribution in [0.2, 0.25) is 0 Å². The van der Waals surface area contributed by atoms with Crippen molar-refractivity contribution < 1.29 is 15.0 Å².